The van der Waals surface area contributed by atoms with Crippen LogP contribution in [-0.4, -0.2) is 61.5 Å². The van der Waals surface area contributed by atoms with E-state index in [2.05, 4.69) is 37.2 Å². The van der Waals surface area contributed by atoms with Crippen molar-refractivity contribution in [3.63, 3.8) is 0 Å². The summed E-state index contributed by atoms with van der Waals surface area (Å²) < 4.78 is 10.3. The first-order chi connectivity index (χ1) is 14.5. The second-order valence-corrected chi connectivity index (χ2v) is 8.41. The lowest BCUT2D eigenvalue weighted by molar-refractivity contribution is -0.0500. The summed E-state index contributed by atoms with van der Waals surface area (Å²) in [7, 11) is 1.58. The van der Waals surface area contributed by atoms with E-state index in [1.807, 2.05) is 18.2 Å². The van der Waals surface area contributed by atoms with Gasteiger partial charge in [0.15, 0.2) is 0 Å². The van der Waals surface area contributed by atoms with Crippen LogP contribution in [0.1, 0.15) is 59.7 Å². The Morgan fingerprint density at radius 2 is 2.07 bits per heavy atom. The number of ether oxygens (including phenoxy) is 2. The molecule has 2 unspecified atom stereocenters. The van der Waals surface area contributed by atoms with Crippen molar-refractivity contribution >= 4 is 5.97 Å². The SMILES string of the molecule is C=CCc1c(C#CC2C(O)C3CCN2CC3)ccc(C(=O)OCCOC)c1C(C)C. The summed E-state index contributed by atoms with van der Waals surface area (Å²) in [6.07, 6.45) is 4.18. The van der Waals surface area contributed by atoms with Gasteiger partial charge >= 0.3 is 5.97 Å². The molecule has 2 bridgehead atoms. The fourth-order valence-corrected chi connectivity index (χ4v) is 4.62. The lowest BCUT2D eigenvalue weighted by Crippen LogP contribution is -2.57. The minimum absolute atomic E-state index is 0.115. The third-order valence-corrected chi connectivity index (χ3v) is 6.15. The normalized spacial score (nSPS) is 25.0. The summed E-state index contributed by atoms with van der Waals surface area (Å²) in [5.41, 5.74) is 3.43. The number of allylic oxidation sites excluding steroid dienone is 1. The van der Waals surface area contributed by atoms with Gasteiger partial charge in [-0.2, -0.15) is 0 Å². The van der Waals surface area contributed by atoms with Gasteiger partial charge in [0.25, 0.3) is 0 Å². The molecule has 30 heavy (non-hydrogen) atoms. The summed E-state index contributed by atoms with van der Waals surface area (Å²) in [5.74, 6) is 6.81. The molecule has 3 fully saturated rings. The van der Waals surface area contributed by atoms with Gasteiger partial charge in [0.05, 0.1) is 24.3 Å². The highest BCUT2D eigenvalue weighted by Gasteiger charge is 2.40. The van der Waals surface area contributed by atoms with Crippen molar-refractivity contribution in [1.29, 1.82) is 0 Å². The van der Waals surface area contributed by atoms with Crippen molar-refractivity contribution in [2.24, 2.45) is 5.92 Å². The highest BCUT2D eigenvalue weighted by Crippen LogP contribution is 2.32. The average Bonchev–Trinajstić information content (AvgIpc) is 2.74. The molecule has 162 valence electrons. The fraction of sp³-hybridized carbons (Fsp3) is 0.560. The van der Waals surface area contributed by atoms with Crippen LogP contribution < -0.4 is 0 Å². The van der Waals surface area contributed by atoms with E-state index < -0.39 is 0 Å². The Hall–Kier alpha value is -2.13. The molecule has 0 aliphatic carbocycles. The number of nitrogens with zero attached hydrogens (tertiary/aromatic N) is 1. The third kappa shape index (κ3) is 4.78. The minimum atomic E-state index is -0.387. The van der Waals surface area contributed by atoms with Crippen LogP contribution in [0.2, 0.25) is 0 Å². The molecule has 3 heterocycles. The van der Waals surface area contributed by atoms with Gasteiger partial charge < -0.3 is 14.6 Å². The molecule has 1 aromatic rings. The molecule has 3 aliphatic rings. The summed E-state index contributed by atoms with van der Waals surface area (Å²) >= 11 is 0. The second kappa shape index (κ2) is 10.3. The number of aliphatic hydroxyl groups is 1. The number of piperidine rings is 3. The number of methoxy groups -OCH3 is 1. The number of rotatable bonds is 7. The number of hydrogen-bond acceptors (Lipinski definition) is 5. The molecule has 5 nitrogen and oxygen atoms in total. The maximum absolute atomic E-state index is 12.7. The van der Waals surface area contributed by atoms with Crippen molar-refractivity contribution in [3.8, 4) is 11.8 Å². The van der Waals surface area contributed by atoms with Gasteiger partial charge in [-0.15, -0.1) is 6.58 Å². The van der Waals surface area contributed by atoms with Crippen molar-refractivity contribution in [2.45, 2.75) is 51.2 Å². The lowest BCUT2D eigenvalue weighted by Gasteiger charge is -2.46. The molecule has 0 saturated carbocycles. The molecular weight excluding hydrogens is 378 g/mol. The first-order valence-electron chi connectivity index (χ1n) is 10.8. The van der Waals surface area contributed by atoms with E-state index in [-0.39, 0.29) is 30.6 Å². The second-order valence-electron chi connectivity index (χ2n) is 8.41. The van der Waals surface area contributed by atoms with E-state index in [0.29, 0.717) is 24.5 Å². The Morgan fingerprint density at radius 3 is 2.67 bits per heavy atom. The Balaban J connectivity index is 1.95. The van der Waals surface area contributed by atoms with E-state index in [0.717, 1.165) is 42.6 Å². The number of fused-ring (bicyclic) bond motifs is 3. The molecule has 0 aromatic heterocycles. The smallest absolute Gasteiger partial charge is 0.338 e. The predicted octanol–water partition coefficient (Wildman–Crippen LogP) is 3.15. The Morgan fingerprint density at radius 1 is 1.33 bits per heavy atom. The molecule has 3 saturated heterocycles. The van der Waals surface area contributed by atoms with E-state index in [4.69, 9.17) is 9.47 Å². The van der Waals surface area contributed by atoms with Crippen LogP contribution in [0.4, 0.5) is 0 Å². The summed E-state index contributed by atoms with van der Waals surface area (Å²) in [5, 5.41) is 10.6. The van der Waals surface area contributed by atoms with Crippen LogP contribution >= 0.6 is 0 Å². The molecule has 1 aromatic carbocycles. The van der Waals surface area contributed by atoms with Crippen LogP contribution in [0, 0.1) is 17.8 Å². The topological polar surface area (TPSA) is 59.0 Å². The van der Waals surface area contributed by atoms with Gasteiger partial charge in [0.2, 0.25) is 0 Å². The van der Waals surface area contributed by atoms with E-state index >= 15 is 0 Å². The Labute approximate surface area is 180 Å². The number of hydrogen-bond donors (Lipinski definition) is 1. The molecule has 1 N–H and O–H groups in total. The zero-order chi connectivity index (χ0) is 21.7. The van der Waals surface area contributed by atoms with Gasteiger partial charge in [0, 0.05) is 12.7 Å². The summed E-state index contributed by atoms with van der Waals surface area (Å²) in [4.78, 5) is 15.0. The molecule has 2 atom stereocenters. The van der Waals surface area contributed by atoms with Crippen LogP contribution in [0.25, 0.3) is 0 Å². The quantitative estimate of drug-likeness (QED) is 0.323. The van der Waals surface area contributed by atoms with E-state index in [1.54, 1.807) is 7.11 Å². The Bertz CT molecular complexity index is 826. The first-order valence-corrected chi connectivity index (χ1v) is 10.8. The molecule has 3 aliphatic heterocycles. The van der Waals surface area contributed by atoms with Crippen LogP contribution in [0.3, 0.4) is 0 Å². The number of aliphatic hydroxyl groups excluding tert-OH is 1. The highest BCUT2D eigenvalue weighted by molar-refractivity contribution is 5.92. The minimum Gasteiger partial charge on any atom is -0.460 e. The van der Waals surface area contributed by atoms with Crippen molar-refractivity contribution < 1.29 is 19.4 Å². The third-order valence-electron chi connectivity index (χ3n) is 6.15. The average molecular weight is 412 g/mol. The molecule has 5 heteroatoms. The van der Waals surface area contributed by atoms with Crippen LogP contribution in [0.15, 0.2) is 24.8 Å². The van der Waals surface area contributed by atoms with E-state index in [1.165, 1.54) is 0 Å². The highest BCUT2D eigenvalue weighted by atomic mass is 16.6. The van der Waals surface area contributed by atoms with Gasteiger partial charge in [-0.25, -0.2) is 4.79 Å². The predicted molar refractivity (Wildman–Crippen MR) is 118 cm³/mol. The molecular formula is C25H33NO4. The molecule has 4 rings (SSSR count). The van der Waals surface area contributed by atoms with Gasteiger partial charge in [-0.1, -0.05) is 31.8 Å². The Kier molecular flexibility index (Phi) is 7.71. The van der Waals surface area contributed by atoms with Gasteiger partial charge in [0.1, 0.15) is 6.61 Å². The number of benzene rings is 1. The number of esters is 1. The zero-order valence-electron chi connectivity index (χ0n) is 18.3. The lowest BCUT2D eigenvalue weighted by atomic mass is 9.80. The standard InChI is InChI=1S/C25H33NO4/c1-5-6-20-18(8-10-22-24(27)19-11-13-26(22)14-12-19)7-9-21(23(20)17(2)3)25(28)30-16-15-29-4/h5,7,9,17,19,22,24,27H,1,6,11-16H2,2-4H3. The molecule has 0 amide bonds. The maximum Gasteiger partial charge on any atom is 0.338 e. The van der Waals surface area contributed by atoms with Crippen molar-refractivity contribution in [3.05, 3.63) is 47.0 Å². The van der Waals surface area contributed by atoms with Crippen LogP contribution in [0.5, 0.6) is 0 Å². The maximum atomic E-state index is 12.7. The van der Waals surface area contributed by atoms with Crippen molar-refractivity contribution in [2.75, 3.05) is 33.4 Å². The van der Waals surface area contributed by atoms with Gasteiger partial charge in [-0.3, -0.25) is 4.90 Å². The van der Waals surface area contributed by atoms with Gasteiger partial charge in [-0.05, 0) is 67.4 Å². The summed E-state index contributed by atoms with van der Waals surface area (Å²) in [6, 6.07) is 3.59. The zero-order valence-corrected chi connectivity index (χ0v) is 18.3. The summed E-state index contributed by atoms with van der Waals surface area (Å²) in [6.45, 7) is 10.6. The van der Waals surface area contributed by atoms with E-state index in [9.17, 15) is 9.90 Å². The first kappa shape index (κ1) is 22.6. The largest absolute Gasteiger partial charge is 0.460 e. The fourth-order valence-electron chi connectivity index (χ4n) is 4.62. The van der Waals surface area contributed by atoms with Crippen molar-refractivity contribution in [1.82, 2.24) is 4.90 Å². The number of carbonyl (C=O) groups is 1. The molecule has 0 radical (unpaired) electrons. The molecule has 0 spiro atoms. The monoisotopic (exact) mass is 411 g/mol. The van der Waals surface area contributed by atoms with Crippen LogP contribution in [-0.2, 0) is 15.9 Å². The number of carbonyl (C=O) groups excluding carboxylic acids is 1.